The zero-order valence-corrected chi connectivity index (χ0v) is 14.6. The molecule has 132 valence electrons. The summed E-state index contributed by atoms with van der Waals surface area (Å²) in [5, 5.41) is 26.8. The van der Waals surface area contributed by atoms with Gasteiger partial charge in [0.1, 0.15) is 11.6 Å². The number of nitriles is 2. The highest BCUT2D eigenvalue weighted by molar-refractivity contribution is 5.91. The predicted octanol–water partition coefficient (Wildman–Crippen LogP) is 2.52. The molecular weight excluding hydrogens is 330 g/mol. The number of rotatable bonds is 5. The Bertz CT molecular complexity index is 890. The van der Waals surface area contributed by atoms with Crippen molar-refractivity contribution in [3.8, 4) is 17.9 Å². The lowest BCUT2D eigenvalue weighted by molar-refractivity contribution is -0.125. The molecule has 2 atom stereocenters. The van der Waals surface area contributed by atoms with Gasteiger partial charge in [-0.25, -0.2) is 0 Å². The molecular formula is C19H19N5O2. The molecule has 0 spiro atoms. The van der Waals surface area contributed by atoms with E-state index in [-0.39, 0.29) is 5.78 Å². The topological polar surface area (TPSA) is 105 Å². The van der Waals surface area contributed by atoms with E-state index < -0.39 is 12.0 Å². The fourth-order valence-corrected chi connectivity index (χ4v) is 3.11. The number of nitrogens with zero attached hydrogens (tertiary/aromatic N) is 5. The summed E-state index contributed by atoms with van der Waals surface area (Å²) in [4.78, 5) is 12.8. The van der Waals surface area contributed by atoms with Crippen LogP contribution in [0.3, 0.4) is 0 Å². The average Bonchev–Trinajstić information content (AvgIpc) is 2.90. The minimum absolute atomic E-state index is 0.366. The van der Waals surface area contributed by atoms with Gasteiger partial charge in [-0.15, -0.1) is 10.2 Å². The van der Waals surface area contributed by atoms with Crippen LogP contribution in [0.1, 0.15) is 49.3 Å². The number of aromatic nitrogens is 3. The van der Waals surface area contributed by atoms with Crippen LogP contribution < -0.4 is 4.74 Å². The summed E-state index contributed by atoms with van der Waals surface area (Å²) in [6.07, 6.45) is 3.09. The summed E-state index contributed by atoms with van der Waals surface area (Å²) in [6.45, 7) is 2.33. The van der Waals surface area contributed by atoms with Crippen LogP contribution in [-0.2, 0) is 17.8 Å². The highest BCUT2D eigenvalue weighted by Crippen LogP contribution is 2.23. The van der Waals surface area contributed by atoms with Crippen molar-refractivity contribution in [1.82, 2.24) is 14.8 Å². The second-order valence-corrected chi connectivity index (χ2v) is 6.30. The first kappa shape index (κ1) is 17.6. The van der Waals surface area contributed by atoms with Crippen molar-refractivity contribution in [3.05, 3.63) is 41.5 Å². The van der Waals surface area contributed by atoms with Gasteiger partial charge in [-0.2, -0.15) is 10.5 Å². The highest BCUT2D eigenvalue weighted by atomic mass is 16.5. The van der Waals surface area contributed by atoms with E-state index in [0.717, 1.165) is 38.1 Å². The van der Waals surface area contributed by atoms with E-state index in [1.807, 2.05) is 10.6 Å². The number of hydrogen-bond donors (Lipinski definition) is 0. The molecule has 1 aromatic carbocycles. The molecule has 0 saturated heterocycles. The van der Waals surface area contributed by atoms with Crippen LogP contribution >= 0.6 is 0 Å². The smallest absolute Gasteiger partial charge is 0.197 e. The third-order valence-corrected chi connectivity index (χ3v) is 4.49. The maximum Gasteiger partial charge on any atom is 0.197 e. The van der Waals surface area contributed by atoms with Gasteiger partial charge in [0, 0.05) is 13.0 Å². The standard InChI is InChI=1S/C19H19N5O2/c1-13(26-15-7-5-6-14(10-15)11-20)18(25)16(12-21)19-23-22-17-8-3-2-4-9-24(17)19/h5-7,10,13,16H,2-4,8-9H2,1H3/t13-,16+/m1/s1. The van der Waals surface area contributed by atoms with Crippen molar-refractivity contribution >= 4 is 5.78 Å². The number of carbonyl (C=O) groups is 1. The first-order valence-electron chi connectivity index (χ1n) is 8.66. The number of fused-ring (bicyclic) bond motifs is 1. The third kappa shape index (κ3) is 3.57. The summed E-state index contributed by atoms with van der Waals surface area (Å²) in [5.41, 5.74) is 0.446. The van der Waals surface area contributed by atoms with Gasteiger partial charge in [0.25, 0.3) is 0 Å². The summed E-state index contributed by atoms with van der Waals surface area (Å²) in [6, 6.07) is 10.7. The largest absolute Gasteiger partial charge is 0.483 e. The monoisotopic (exact) mass is 349 g/mol. The molecule has 0 fully saturated rings. The summed E-state index contributed by atoms with van der Waals surface area (Å²) in [7, 11) is 0. The van der Waals surface area contributed by atoms with E-state index in [4.69, 9.17) is 10.00 Å². The molecule has 1 aliphatic rings. The maximum atomic E-state index is 12.8. The van der Waals surface area contributed by atoms with Gasteiger partial charge in [0.05, 0.1) is 17.7 Å². The molecule has 2 aromatic rings. The first-order valence-corrected chi connectivity index (χ1v) is 8.66. The molecule has 26 heavy (non-hydrogen) atoms. The van der Waals surface area contributed by atoms with E-state index in [1.165, 1.54) is 0 Å². The van der Waals surface area contributed by atoms with Crippen LogP contribution in [0, 0.1) is 22.7 Å². The van der Waals surface area contributed by atoms with E-state index >= 15 is 0 Å². The highest BCUT2D eigenvalue weighted by Gasteiger charge is 2.32. The number of ether oxygens (including phenoxy) is 1. The lowest BCUT2D eigenvalue weighted by Crippen LogP contribution is -2.30. The van der Waals surface area contributed by atoms with Gasteiger partial charge in [-0.05, 0) is 38.0 Å². The fraction of sp³-hybridized carbons (Fsp3) is 0.421. The number of ketones is 1. The van der Waals surface area contributed by atoms with E-state index in [9.17, 15) is 10.1 Å². The van der Waals surface area contributed by atoms with Crippen molar-refractivity contribution in [1.29, 1.82) is 10.5 Å². The second kappa shape index (κ2) is 7.79. The van der Waals surface area contributed by atoms with Crippen LogP contribution in [0.15, 0.2) is 24.3 Å². The molecule has 3 rings (SSSR count). The number of Topliss-reactive ketones (excluding diaryl/α,β-unsaturated/α-hetero) is 1. The van der Waals surface area contributed by atoms with Crippen LogP contribution in [0.4, 0.5) is 0 Å². The minimum Gasteiger partial charge on any atom is -0.483 e. The van der Waals surface area contributed by atoms with Crippen molar-refractivity contribution in [2.24, 2.45) is 0 Å². The molecule has 0 aliphatic carbocycles. The van der Waals surface area contributed by atoms with Crippen molar-refractivity contribution in [2.75, 3.05) is 0 Å². The predicted molar refractivity (Wildman–Crippen MR) is 92.2 cm³/mol. The Morgan fingerprint density at radius 2 is 2.12 bits per heavy atom. The summed E-state index contributed by atoms with van der Waals surface area (Å²) >= 11 is 0. The Labute approximate surface area is 151 Å². The number of aryl methyl sites for hydroxylation is 1. The van der Waals surface area contributed by atoms with Crippen LogP contribution in [0.5, 0.6) is 5.75 Å². The first-order chi connectivity index (χ1) is 12.6. The van der Waals surface area contributed by atoms with E-state index in [1.54, 1.807) is 31.2 Å². The molecule has 0 saturated carbocycles. The number of benzene rings is 1. The van der Waals surface area contributed by atoms with Gasteiger partial charge in [0.2, 0.25) is 0 Å². The van der Waals surface area contributed by atoms with Gasteiger partial charge in [0.15, 0.2) is 23.6 Å². The Kier molecular flexibility index (Phi) is 5.28. The average molecular weight is 349 g/mol. The molecule has 0 bridgehead atoms. The second-order valence-electron chi connectivity index (χ2n) is 6.30. The molecule has 0 amide bonds. The lowest BCUT2D eigenvalue weighted by Gasteiger charge is -2.17. The van der Waals surface area contributed by atoms with Gasteiger partial charge in [-0.1, -0.05) is 12.5 Å². The molecule has 0 radical (unpaired) electrons. The van der Waals surface area contributed by atoms with Gasteiger partial charge in [-0.3, -0.25) is 4.79 Å². The van der Waals surface area contributed by atoms with E-state index in [0.29, 0.717) is 17.1 Å². The van der Waals surface area contributed by atoms with Crippen molar-refractivity contribution < 1.29 is 9.53 Å². The Morgan fingerprint density at radius 1 is 1.27 bits per heavy atom. The molecule has 0 unspecified atom stereocenters. The molecule has 1 aliphatic heterocycles. The Balaban J connectivity index is 1.80. The number of carbonyl (C=O) groups excluding carboxylic acids is 1. The van der Waals surface area contributed by atoms with Crippen LogP contribution in [-0.4, -0.2) is 26.7 Å². The third-order valence-electron chi connectivity index (χ3n) is 4.49. The molecule has 7 nitrogen and oxygen atoms in total. The van der Waals surface area contributed by atoms with Crippen molar-refractivity contribution in [3.63, 3.8) is 0 Å². The van der Waals surface area contributed by atoms with Crippen LogP contribution in [0.25, 0.3) is 0 Å². The zero-order valence-electron chi connectivity index (χ0n) is 14.6. The maximum absolute atomic E-state index is 12.8. The van der Waals surface area contributed by atoms with Gasteiger partial charge < -0.3 is 9.30 Å². The van der Waals surface area contributed by atoms with Crippen LogP contribution in [0.2, 0.25) is 0 Å². The Morgan fingerprint density at radius 3 is 2.88 bits per heavy atom. The SMILES string of the molecule is C[C@@H](Oc1cccc(C#N)c1)C(=O)[C@H](C#N)c1nnc2n1CCCCC2. The molecule has 1 aromatic heterocycles. The minimum atomic E-state index is -1.02. The van der Waals surface area contributed by atoms with Gasteiger partial charge >= 0.3 is 0 Å². The fourth-order valence-electron chi connectivity index (χ4n) is 3.11. The molecule has 0 N–H and O–H groups in total. The Hall–Kier alpha value is -3.19. The summed E-state index contributed by atoms with van der Waals surface area (Å²) < 4.78 is 7.56. The van der Waals surface area contributed by atoms with Crippen molar-refractivity contribution in [2.45, 2.75) is 51.2 Å². The molecule has 7 heteroatoms. The number of hydrogen-bond acceptors (Lipinski definition) is 6. The zero-order chi connectivity index (χ0) is 18.5. The normalized spacial score (nSPS) is 15.7. The van der Waals surface area contributed by atoms with E-state index in [2.05, 4.69) is 16.3 Å². The summed E-state index contributed by atoms with van der Waals surface area (Å²) in [5.74, 6) is 0.260. The lowest BCUT2D eigenvalue weighted by atomic mass is 10.0. The molecule has 2 heterocycles. The quantitative estimate of drug-likeness (QED) is 0.821.